The summed E-state index contributed by atoms with van der Waals surface area (Å²) in [4.78, 5) is 14.7. The molecule has 0 aromatic heterocycles. The maximum absolute atomic E-state index is 12.7. The van der Waals surface area contributed by atoms with Gasteiger partial charge in [0, 0.05) is 12.2 Å². The van der Waals surface area contributed by atoms with E-state index in [1.807, 2.05) is 11.0 Å². The minimum absolute atomic E-state index is 0.253. The molecule has 2 aliphatic rings. The van der Waals surface area contributed by atoms with Crippen LogP contribution in [0.1, 0.15) is 25.3 Å². The smallest absolute Gasteiger partial charge is 0.237 e. The van der Waals surface area contributed by atoms with E-state index in [1.54, 1.807) is 0 Å². The first-order valence-electron chi connectivity index (χ1n) is 6.74. The highest BCUT2D eigenvalue weighted by Gasteiger charge is 2.47. The fourth-order valence-corrected chi connectivity index (χ4v) is 2.86. The third-order valence-corrected chi connectivity index (χ3v) is 4.24. The Hall–Kier alpha value is -1.35. The maximum Gasteiger partial charge on any atom is 0.237 e. The molecule has 96 valence electrons. The number of anilines is 1. The van der Waals surface area contributed by atoms with Gasteiger partial charge in [0.15, 0.2) is 0 Å². The lowest BCUT2D eigenvalue weighted by atomic mass is 9.81. The first-order chi connectivity index (χ1) is 8.77. The molecule has 0 atom stereocenters. The molecular formula is C15H19NO2. The first-order valence-corrected chi connectivity index (χ1v) is 6.74. The van der Waals surface area contributed by atoms with Gasteiger partial charge in [0.05, 0.1) is 18.6 Å². The third kappa shape index (κ3) is 1.65. The molecule has 2 aliphatic heterocycles. The first kappa shape index (κ1) is 11.7. The van der Waals surface area contributed by atoms with Gasteiger partial charge in [0.1, 0.15) is 0 Å². The van der Waals surface area contributed by atoms with Crippen LogP contribution in [0.5, 0.6) is 0 Å². The molecule has 0 aliphatic carbocycles. The summed E-state index contributed by atoms with van der Waals surface area (Å²) in [5, 5.41) is 0. The Morgan fingerprint density at radius 1 is 1.39 bits per heavy atom. The third-order valence-electron chi connectivity index (χ3n) is 4.24. The van der Waals surface area contributed by atoms with Crippen molar-refractivity contribution in [2.45, 2.75) is 26.2 Å². The molecule has 18 heavy (non-hydrogen) atoms. The van der Waals surface area contributed by atoms with E-state index in [2.05, 4.69) is 25.1 Å². The van der Waals surface area contributed by atoms with Gasteiger partial charge >= 0.3 is 0 Å². The molecule has 0 spiro atoms. The van der Waals surface area contributed by atoms with E-state index in [0.717, 1.165) is 31.5 Å². The van der Waals surface area contributed by atoms with Crippen molar-refractivity contribution in [1.29, 1.82) is 0 Å². The highest BCUT2D eigenvalue weighted by molar-refractivity contribution is 5.99. The lowest BCUT2D eigenvalue weighted by Crippen LogP contribution is -2.56. The molecule has 3 nitrogen and oxygen atoms in total. The average molecular weight is 245 g/mol. The Balaban J connectivity index is 1.92. The molecular weight excluding hydrogens is 226 g/mol. The van der Waals surface area contributed by atoms with Crippen LogP contribution in [-0.2, 0) is 16.0 Å². The molecule has 1 aromatic carbocycles. The summed E-state index contributed by atoms with van der Waals surface area (Å²) < 4.78 is 5.28. The molecule has 1 fully saturated rings. The number of hydrogen-bond acceptors (Lipinski definition) is 2. The average Bonchev–Trinajstić information content (AvgIpc) is 2.37. The van der Waals surface area contributed by atoms with Gasteiger partial charge in [-0.1, -0.05) is 25.1 Å². The highest BCUT2D eigenvalue weighted by Crippen LogP contribution is 2.37. The second-order valence-corrected chi connectivity index (χ2v) is 5.32. The van der Waals surface area contributed by atoms with Crippen molar-refractivity contribution in [3.63, 3.8) is 0 Å². The van der Waals surface area contributed by atoms with Crippen LogP contribution in [0.25, 0.3) is 0 Å². The van der Waals surface area contributed by atoms with Crippen LogP contribution in [0.2, 0.25) is 0 Å². The number of rotatable bonds is 2. The molecule has 0 N–H and O–H groups in total. The van der Waals surface area contributed by atoms with E-state index < -0.39 is 0 Å². The second kappa shape index (κ2) is 4.39. The zero-order valence-corrected chi connectivity index (χ0v) is 10.8. The zero-order chi connectivity index (χ0) is 12.6. The summed E-state index contributed by atoms with van der Waals surface area (Å²) in [6.45, 7) is 4.09. The van der Waals surface area contributed by atoms with Gasteiger partial charge in [-0.25, -0.2) is 0 Å². The Morgan fingerprint density at radius 2 is 2.17 bits per heavy atom. The normalized spacial score (nSPS) is 21.1. The largest absolute Gasteiger partial charge is 0.379 e. The minimum atomic E-state index is -0.259. The number of fused-ring (bicyclic) bond motifs is 1. The van der Waals surface area contributed by atoms with Crippen molar-refractivity contribution in [3.05, 3.63) is 29.8 Å². The predicted molar refractivity (Wildman–Crippen MR) is 70.7 cm³/mol. The summed E-state index contributed by atoms with van der Waals surface area (Å²) in [7, 11) is 0. The summed E-state index contributed by atoms with van der Waals surface area (Å²) >= 11 is 0. The van der Waals surface area contributed by atoms with E-state index in [9.17, 15) is 4.79 Å². The van der Waals surface area contributed by atoms with E-state index in [0.29, 0.717) is 13.2 Å². The molecule has 0 bridgehead atoms. The summed E-state index contributed by atoms with van der Waals surface area (Å²) in [5.74, 6) is 0.253. The lowest BCUT2D eigenvalue weighted by molar-refractivity contribution is -0.159. The van der Waals surface area contributed by atoms with Crippen LogP contribution >= 0.6 is 0 Å². The van der Waals surface area contributed by atoms with Gasteiger partial charge in [0.2, 0.25) is 5.91 Å². The summed E-state index contributed by atoms with van der Waals surface area (Å²) in [6, 6.07) is 8.26. The predicted octanol–water partition coefficient (Wildman–Crippen LogP) is 2.39. The van der Waals surface area contributed by atoms with Gasteiger partial charge in [-0.05, 0) is 30.9 Å². The quantitative estimate of drug-likeness (QED) is 0.800. The Bertz CT molecular complexity index is 460. The lowest BCUT2D eigenvalue weighted by Gasteiger charge is -2.43. The summed E-state index contributed by atoms with van der Waals surface area (Å²) in [6.07, 6.45) is 3.00. The molecule has 1 amide bonds. The van der Waals surface area contributed by atoms with Crippen molar-refractivity contribution < 1.29 is 9.53 Å². The molecule has 0 radical (unpaired) electrons. The van der Waals surface area contributed by atoms with Crippen molar-refractivity contribution in [2.75, 3.05) is 24.7 Å². The van der Waals surface area contributed by atoms with Crippen molar-refractivity contribution >= 4 is 11.6 Å². The Labute approximate surface area is 108 Å². The van der Waals surface area contributed by atoms with Crippen molar-refractivity contribution in [3.8, 4) is 0 Å². The number of benzene rings is 1. The number of hydrogen-bond donors (Lipinski definition) is 0. The van der Waals surface area contributed by atoms with E-state index in [4.69, 9.17) is 4.74 Å². The summed E-state index contributed by atoms with van der Waals surface area (Å²) in [5.41, 5.74) is 2.14. The monoisotopic (exact) mass is 245 g/mol. The highest BCUT2D eigenvalue weighted by atomic mass is 16.5. The number of amides is 1. The molecule has 3 heteroatoms. The van der Waals surface area contributed by atoms with E-state index in [1.165, 1.54) is 5.56 Å². The topological polar surface area (TPSA) is 29.5 Å². The second-order valence-electron chi connectivity index (χ2n) is 5.32. The standard InChI is InChI=1S/C15H19NO2/c1-2-15(10-18-11-15)14(17)16-9-5-7-12-6-3-4-8-13(12)16/h3-4,6,8H,2,5,7,9-11H2,1H3. The van der Waals surface area contributed by atoms with E-state index >= 15 is 0 Å². The van der Waals surface area contributed by atoms with Crippen LogP contribution in [0.4, 0.5) is 5.69 Å². The van der Waals surface area contributed by atoms with Crippen molar-refractivity contribution in [1.82, 2.24) is 0 Å². The molecule has 2 heterocycles. The number of ether oxygens (including phenoxy) is 1. The van der Waals surface area contributed by atoms with Gasteiger partial charge < -0.3 is 9.64 Å². The number of nitrogens with zero attached hydrogens (tertiary/aromatic N) is 1. The molecule has 0 saturated carbocycles. The number of aryl methyl sites for hydroxylation is 1. The fraction of sp³-hybridized carbons (Fsp3) is 0.533. The zero-order valence-electron chi connectivity index (χ0n) is 10.8. The van der Waals surface area contributed by atoms with Crippen LogP contribution in [-0.4, -0.2) is 25.7 Å². The fourth-order valence-electron chi connectivity index (χ4n) is 2.86. The van der Waals surface area contributed by atoms with Gasteiger partial charge in [-0.3, -0.25) is 4.79 Å². The number of carbonyl (C=O) groups is 1. The van der Waals surface area contributed by atoms with E-state index in [-0.39, 0.29) is 11.3 Å². The molecule has 1 saturated heterocycles. The van der Waals surface area contributed by atoms with Gasteiger partial charge in [0.25, 0.3) is 0 Å². The van der Waals surface area contributed by atoms with Crippen LogP contribution in [0.15, 0.2) is 24.3 Å². The van der Waals surface area contributed by atoms with Crippen LogP contribution in [0.3, 0.4) is 0 Å². The van der Waals surface area contributed by atoms with Crippen LogP contribution < -0.4 is 4.90 Å². The van der Waals surface area contributed by atoms with Gasteiger partial charge in [-0.2, -0.15) is 0 Å². The number of para-hydroxylation sites is 1. The maximum atomic E-state index is 12.7. The Morgan fingerprint density at radius 3 is 2.83 bits per heavy atom. The molecule has 0 unspecified atom stereocenters. The number of carbonyl (C=O) groups excluding carboxylic acids is 1. The SMILES string of the molecule is CCC1(C(=O)N2CCCc3ccccc32)COC1. The molecule has 1 aromatic rings. The minimum Gasteiger partial charge on any atom is -0.379 e. The van der Waals surface area contributed by atoms with Gasteiger partial charge in [-0.15, -0.1) is 0 Å². The van der Waals surface area contributed by atoms with Crippen molar-refractivity contribution in [2.24, 2.45) is 5.41 Å². The molecule has 3 rings (SSSR count). The van der Waals surface area contributed by atoms with Crippen LogP contribution in [0, 0.1) is 5.41 Å². The Kier molecular flexibility index (Phi) is 2.86.